The molecule has 0 aliphatic heterocycles. The summed E-state index contributed by atoms with van der Waals surface area (Å²) in [5.41, 5.74) is 1.34. The van der Waals surface area contributed by atoms with Crippen molar-refractivity contribution in [3.8, 4) is 5.75 Å². The van der Waals surface area contributed by atoms with Gasteiger partial charge in [0.2, 0.25) is 0 Å². The Labute approximate surface area is 164 Å². The average Bonchev–Trinajstić information content (AvgIpc) is 2.65. The maximum absolute atomic E-state index is 9.51. The molecule has 1 aliphatic carbocycles. The lowest BCUT2D eigenvalue weighted by Gasteiger charge is -2.37. The topological polar surface area (TPSA) is 65.9 Å². The van der Waals surface area contributed by atoms with Gasteiger partial charge in [0.05, 0.1) is 12.6 Å². The van der Waals surface area contributed by atoms with Gasteiger partial charge >= 0.3 is 0 Å². The van der Waals surface area contributed by atoms with Crippen molar-refractivity contribution >= 4 is 5.96 Å². The Morgan fingerprint density at radius 3 is 2.67 bits per heavy atom. The van der Waals surface area contributed by atoms with Crippen LogP contribution in [0.5, 0.6) is 5.75 Å². The fourth-order valence-corrected chi connectivity index (χ4v) is 3.83. The fourth-order valence-electron chi connectivity index (χ4n) is 3.83. The van der Waals surface area contributed by atoms with Gasteiger partial charge in [0, 0.05) is 19.7 Å². The summed E-state index contributed by atoms with van der Waals surface area (Å²) in [4.78, 5) is 4.76. The second-order valence-corrected chi connectivity index (χ2v) is 7.90. The molecule has 1 aromatic carbocycles. The zero-order chi connectivity index (χ0) is 19.5. The van der Waals surface area contributed by atoms with Gasteiger partial charge in [-0.15, -0.1) is 0 Å². The van der Waals surface area contributed by atoms with E-state index < -0.39 is 0 Å². The summed E-state index contributed by atoms with van der Waals surface area (Å²) in [6.45, 7) is 8.72. The number of nitrogens with one attached hydrogen (secondary N) is 2. The van der Waals surface area contributed by atoms with E-state index in [0.717, 1.165) is 36.8 Å². The molecule has 0 heterocycles. The Hall–Kier alpha value is -1.75. The number of benzene rings is 1. The van der Waals surface area contributed by atoms with Crippen LogP contribution in [0.3, 0.4) is 0 Å². The van der Waals surface area contributed by atoms with E-state index in [-0.39, 0.29) is 18.1 Å². The van der Waals surface area contributed by atoms with Crippen LogP contribution in [0.4, 0.5) is 0 Å². The second kappa shape index (κ2) is 11.2. The Balaban J connectivity index is 1.99. The molecule has 1 saturated carbocycles. The van der Waals surface area contributed by atoms with E-state index in [1.807, 2.05) is 26.0 Å². The Morgan fingerprint density at radius 1 is 1.22 bits per heavy atom. The number of aliphatic imine (C=N–C) groups is 1. The lowest BCUT2D eigenvalue weighted by atomic mass is 9.72. The van der Waals surface area contributed by atoms with E-state index in [1.165, 1.54) is 32.1 Å². The molecule has 0 unspecified atom stereocenters. The molecule has 0 atom stereocenters. The number of aliphatic hydroxyl groups excluding tert-OH is 1. The van der Waals surface area contributed by atoms with E-state index >= 15 is 0 Å². The van der Waals surface area contributed by atoms with Gasteiger partial charge in [-0.05, 0) is 63.1 Å². The largest absolute Gasteiger partial charge is 0.491 e. The molecule has 2 rings (SSSR count). The SMILES string of the molecule is CCNC(=NCc1cccc(OC(C)C)c1)NCC1(CCO)CCCCC1. The van der Waals surface area contributed by atoms with E-state index in [9.17, 15) is 5.11 Å². The van der Waals surface area contributed by atoms with Crippen LogP contribution in [0, 0.1) is 5.41 Å². The van der Waals surface area contributed by atoms with E-state index in [4.69, 9.17) is 9.73 Å². The van der Waals surface area contributed by atoms with E-state index in [1.54, 1.807) is 0 Å². The summed E-state index contributed by atoms with van der Waals surface area (Å²) in [6, 6.07) is 8.13. The molecule has 0 saturated heterocycles. The third-order valence-electron chi connectivity index (χ3n) is 5.22. The van der Waals surface area contributed by atoms with Crippen molar-refractivity contribution in [2.24, 2.45) is 10.4 Å². The molecule has 152 valence electrons. The quantitative estimate of drug-likeness (QED) is 0.453. The van der Waals surface area contributed by atoms with Crippen LogP contribution in [-0.2, 0) is 6.54 Å². The zero-order valence-corrected chi connectivity index (χ0v) is 17.3. The molecule has 3 N–H and O–H groups in total. The Morgan fingerprint density at radius 2 is 2.00 bits per heavy atom. The third-order valence-corrected chi connectivity index (χ3v) is 5.22. The van der Waals surface area contributed by atoms with Crippen LogP contribution in [0.1, 0.15) is 64.9 Å². The number of guanidine groups is 1. The molecule has 27 heavy (non-hydrogen) atoms. The van der Waals surface area contributed by atoms with Crippen molar-refractivity contribution in [2.75, 3.05) is 19.7 Å². The summed E-state index contributed by atoms with van der Waals surface area (Å²) >= 11 is 0. The lowest BCUT2D eigenvalue weighted by molar-refractivity contribution is 0.131. The number of hydrogen-bond donors (Lipinski definition) is 3. The van der Waals surface area contributed by atoms with Crippen molar-refractivity contribution < 1.29 is 9.84 Å². The molecule has 0 aromatic heterocycles. The Kier molecular flexibility index (Phi) is 8.92. The fraction of sp³-hybridized carbons (Fsp3) is 0.682. The van der Waals surface area contributed by atoms with Gasteiger partial charge in [-0.1, -0.05) is 31.4 Å². The van der Waals surface area contributed by atoms with Gasteiger partial charge in [-0.3, -0.25) is 0 Å². The molecule has 0 amide bonds. The van der Waals surface area contributed by atoms with Crippen LogP contribution >= 0.6 is 0 Å². The lowest BCUT2D eigenvalue weighted by Crippen LogP contribution is -2.44. The molecular weight excluding hydrogens is 338 g/mol. The highest BCUT2D eigenvalue weighted by Crippen LogP contribution is 2.38. The van der Waals surface area contributed by atoms with Crippen molar-refractivity contribution in [3.63, 3.8) is 0 Å². The first kappa shape index (κ1) is 21.5. The summed E-state index contributed by atoms with van der Waals surface area (Å²) in [7, 11) is 0. The predicted octanol–water partition coefficient (Wildman–Crippen LogP) is 3.86. The highest BCUT2D eigenvalue weighted by molar-refractivity contribution is 5.79. The molecule has 0 bridgehead atoms. The number of hydrogen-bond acceptors (Lipinski definition) is 3. The number of nitrogens with zero attached hydrogens (tertiary/aromatic N) is 1. The summed E-state index contributed by atoms with van der Waals surface area (Å²) in [5, 5.41) is 16.4. The smallest absolute Gasteiger partial charge is 0.191 e. The van der Waals surface area contributed by atoms with Crippen molar-refractivity contribution in [3.05, 3.63) is 29.8 Å². The van der Waals surface area contributed by atoms with Crippen LogP contribution in [0.15, 0.2) is 29.3 Å². The summed E-state index contributed by atoms with van der Waals surface area (Å²) in [6.07, 6.45) is 7.25. The first-order valence-electron chi connectivity index (χ1n) is 10.5. The highest BCUT2D eigenvalue weighted by atomic mass is 16.5. The molecule has 5 heteroatoms. The number of rotatable bonds is 9. The Bertz CT molecular complexity index is 575. The van der Waals surface area contributed by atoms with Gasteiger partial charge in [-0.25, -0.2) is 4.99 Å². The normalized spacial score (nSPS) is 17.0. The molecule has 0 radical (unpaired) electrons. The first-order valence-corrected chi connectivity index (χ1v) is 10.5. The zero-order valence-electron chi connectivity index (χ0n) is 17.3. The van der Waals surface area contributed by atoms with Gasteiger partial charge < -0.3 is 20.5 Å². The molecule has 1 aromatic rings. The summed E-state index contributed by atoms with van der Waals surface area (Å²) in [5.74, 6) is 1.73. The maximum Gasteiger partial charge on any atom is 0.191 e. The highest BCUT2D eigenvalue weighted by Gasteiger charge is 2.31. The van der Waals surface area contributed by atoms with Crippen molar-refractivity contribution in [1.82, 2.24) is 10.6 Å². The minimum absolute atomic E-state index is 0.168. The molecule has 1 aliphatic rings. The predicted molar refractivity (Wildman–Crippen MR) is 112 cm³/mol. The average molecular weight is 376 g/mol. The molecule has 1 fully saturated rings. The van der Waals surface area contributed by atoms with Crippen LogP contribution in [0.25, 0.3) is 0 Å². The van der Waals surface area contributed by atoms with E-state index in [0.29, 0.717) is 6.54 Å². The van der Waals surface area contributed by atoms with Crippen LogP contribution in [0.2, 0.25) is 0 Å². The number of ether oxygens (including phenoxy) is 1. The monoisotopic (exact) mass is 375 g/mol. The van der Waals surface area contributed by atoms with Gasteiger partial charge in [-0.2, -0.15) is 0 Å². The number of aliphatic hydroxyl groups is 1. The van der Waals surface area contributed by atoms with Gasteiger partial charge in [0.25, 0.3) is 0 Å². The van der Waals surface area contributed by atoms with Crippen LogP contribution < -0.4 is 15.4 Å². The van der Waals surface area contributed by atoms with Crippen LogP contribution in [-0.4, -0.2) is 36.9 Å². The van der Waals surface area contributed by atoms with Crippen molar-refractivity contribution in [2.45, 2.75) is 71.9 Å². The first-order chi connectivity index (χ1) is 13.1. The van der Waals surface area contributed by atoms with Crippen molar-refractivity contribution in [1.29, 1.82) is 0 Å². The molecular formula is C22H37N3O2. The third kappa shape index (κ3) is 7.41. The van der Waals surface area contributed by atoms with Gasteiger partial charge in [0.15, 0.2) is 5.96 Å². The molecule has 0 spiro atoms. The standard InChI is InChI=1S/C22H37N3O2/c1-4-23-21(25-17-22(13-14-26)11-6-5-7-12-22)24-16-19-9-8-10-20(15-19)27-18(2)3/h8-10,15,18,26H,4-7,11-14,16-17H2,1-3H3,(H2,23,24,25). The van der Waals surface area contributed by atoms with Gasteiger partial charge in [0.1, 0.15) is 5.75 Å². The minimum atomic E-state index is 0.168. The maximum atomic E-state index is 9.51. The van der Waals surface area contributed by atoms with E-state index in [2.05, 4.69) is 29.7 Å². The minimum Gasteiger partial charge on any atom is -0.491 e. The summed E-state index contributed by atoms with van der Waals surface area (Å²) < 4.78 is 5.77. The molecule has 5 nitrogen and oxygen atoms in total. The second-order valence-electron chi connectivity index (χ2n) is 7.90.